The van der Waals surface area contributed by atoms with Crippen molar-refractivity contribution in [1.82, 2.24) is 5.32 Å². The van der Waals surface area contributed by atoms with Crippen LogP contribution in [0.5, 0.6) is 5.75 Å². The molecule has 4 heteroatoms. The quantitative estimate of drug-likeness (QED) is 0.638. The van der Waals surface area contributed by atoms with E-state index in [1.807, 2.05) is 32.0 Å². The molecule has 1 aromatic rings. The van der Waals surface area contributed by atoms with Crippen molar-refractivity contribution in [1.29, 1.82) is 0 Å². The SMILES string of the molecule is CC1(C)NC(C=O)c2cc(I)ccc2O1. The second-order valence-corrected chi connectivity index (χ2v) is 5.30. The molecule has 0 bridgehead atoms. The molecular formula is C11H12INO2. The average molecular weight is 317 g/mol. The van der Waals surface area contributed by atoms with E-state index in [4.69, 9.17) is 4.74 Å². The molecule has 0 fully saturated rings. The van der Waals surface area contributed by atoms with Gasteiger partial charge in [0.1, 0.15) is 12.0 Å². The van der Waals surface area contributed by atoms with Gasteiger partial charge in [-0.05, 0) is 54.6 Å². The van der Waals surface area contributed by atoms with E-state index in [0.29, 0.717) is 0 Å². The molecule has 0 aliphatic carbocycles. The van der Waals surface area contributed by atoms with E-state index < -0.39 is 5.72 Å². The van der Waals surface area contributed by atoms with Crippen LogP contribution in [0.25, 0.3) is 0 Å². The molecule has 1 atom stereocenters. The molecule has 1 unspecified atom stereocenters. The van der Waals surface area contributed by atoms with Crippen LogP contribution in [-0.2, 0) is 4.79 Å². The monoisotopic (exact) mass is 317 g/mol. The van der Waals surface area contributed by atoms with E-state index >= 15 is 0 Å². The Morgan fingerprint density at radius 1 is 1.53 bits per heavy atom. The molecule has 0 saturated heterocycles. The minimum atomic E-state index is -0.495. The largest absolute Gasteiger partial charge is 0.473 e. The molecule has 80 valence electrons. The number of rotatable bonds is 1. The van der Waals surface area contributed by atoms with Crippen molar-refractivity contribution >= 4 is 28.9 Å². The molecule has 0 amide bonds. The lowest BCUT2D eigenvalue weighted by Crippen LogP contribution is -2.50. The molecule has 3 nitrogen and oxygen atoms in total. The van der Waals surface area contributed by atoms with Crippen LogP contribution in [0.3, 0.4) is 0 Å². The van der Waals surface area contributed by atoms with Crippen molar-refractivity contribution in [3.05, 3.63) is 27.3 Å². The van der Waals surface area contributed by atoms with Crippen LogP contribution in [0.4, 0.5) is 0 Å². The third-order valence-electron chi connectivity index (χ3n) is 2.31. The zero-order chi connectivity index (χ0) is 11.1. The highest BCUT2D eigenvalue weighted by Gasteiger charge is 2.32. The molecule has 1 N–H and O–H groups in total. The van der Waals surface area contributed by atoms with Gasteiger partial charge in [0.15, 0.2) is 5.72 Å². The molecule has 1 aromatic carbocycles. The van der Waals surface area contributed by atoms with E-state index in [1.165, 1.54) is 0 Å². The lowest BCUT2D eigenvalue weighted by atomic mass is 10.0. The third-order valence-corrected chi connectivity index (χ3v) is 2.98. The lowest BCUT2D eigenvalue weighted by Gasteiger charge is -2.37. The Kier molecular flexibility index (Phi) is 2.72. The van der Waals surface area contributed by atoms with E-state index in [-0.39, 0.29) is 6.04 Å². The van der Waals surface area contributed by atoms with Crippen molar-refractivity contribution in [2.75, 3.05) is 0 Å². The summed E-state index contributed by atoms with van der Waals surface area (Å²) < 4.78 is 6.83. The highest BCUT2D eigenvalue weighted by Crippen LogP contribution is 2.33. The maximum atomic E-state index is 11.0. The zero-order valence-electron chi connectivity index (χ0n) is 8.58. The lowest BCUT2D eigenvalue weighted by molar-refractivity contribution is -0.112. The van der Waals surface area contributed by atoms with Crippen LogP contribution in [-0.4, -0.2) is 12.0 Å². The van der Waals surface area contributed by atoms with Crippen molar-refractivity contribution in [3.63, 3.8) is 0 Å². The second kappa shape index (κ2) is 3.75. The molecule has 0 saturated carbocycles. The first kappa shape index (κ1) is 10.9. The van der Waals surface area contributed by atoms with E-state index in [9.17, 15) is 4.79 Å². The van der Waals surface area contributed by atoms with Gasteiger partial charge in [0.25, 0.3) is 0 Å². The van der Waals surface area contributed by atoms with E-state index in [1.54, 1.807) is 0 Å². The van der Waals surface area contributed by atoms with Gasteiger partial charge in [0.05, 0.1) is 6.04 Å². The Labute approximate surface area is 102 Å². The van der Waals surface area contributed by atoms with Gasteiger partial charge < -0.3 is 9.53 Å². The van der Waals surface area contributed by atoms with Gasteiger partial charge in [-0.15, -0.1) is 0 Å². The predicted octanol–water partition coefficient (Wildman–Crippen LogP) is 2.25. The fourth-order valence-corrected chi connectivity index (χ4v) is 2.23. The third kappa shape index (κ3) is 2.15. The highest BCUT2D eigenvalue weighted by atomic mass is 127. The average Bonchev–Trinajstić information content (AvgIpc) is 2.16. The molecule has 1 aliphatic rings. The van der Waals surface area contributed by atoms with Gasteiger partial charge in [-0.3, -0.25) is 5.32 Å². The van der Waals surface area contributed by atoms with Gasteiger partial charge >= 0.3 is 0 Å². The van der Waals surface area contributed by atoms with Gasteiger partial charge in [0, 0.05) is 9.13 Å². The fourth-order valence-electron chi connectivity index (χ4n) is 1.72. The number of aldehydes is 1. The van der Waals surface area contributed by atoms with Gasteiger partial charge in [-0.2, -0.15) is 0 Å². The molecule has 15 heavy (non-hydrogen) atoms. The number of hydrogen-bond donors (Lipinski definition) is 1. The first-order valence-electron chi connectivity index (χ1n) is 4.73. The Hall–Kier alpha value is -0.620. The summed E-state index contributed by atoms with van der Waals surface area (Å²) in [6.07, 6.45) is 0.916. The predicted molar refractivity (Wildman–Crippen MR) is 65.8 cm³/mol. The number of nitrogens with one attached hydrogen (secondary N) is 1. The minimum absolute atomic E-state index is 0.279. The van der Waals surface area contributed by atoms with Crippen LogP contribution in [0.2, 0.25) is 0 Å². The minimum Gasteiger partial charge on any atom is -0.473 e. The van der Waals surface area contributed by atoms with Crippen molar-refractivity contribution in [3.8, 4) is 5.75 Å². The summed E-state index contributed by atoms with van der Waals surface area (Å²) in [6, 6.07) is 5.58. The zero-order valence-corrected chi connectivity index (χ0v) is 10.7. The van der Waals surface area contributed by atoms with Gasteiger partial charge in [-0.25, -0.2) is 0 Å². The molecule has 1 aliphatic heterocycles. The van der Waals surface area contributed by atoms with Gasteiger partial charge in [-0.1, -0.05) is 0 Å². The topological polar surface area (TPSA) is 38.3 Å². The summed E-state index contributed by atoms with van der Waals surface area (Å²) in [7, 11) is 0. The number of benzene rings is 1. The van der Waals surface area contributed by atoms with Gasteiger partial charge in [0.2, 0.25) is 0 Å². The Bertz CT molecular complexity index is 404. The first-order chi connectivity index (χ1) is 7.02. The van der Waals surface area contributed by atoms with Crippen LogP contribution >= 0.6 is 22.6 Å². The van der Waals surface area contributed by atoms with Crippen LogP contribution in [0.15, 0.2) is 18.2 Å². The molecule has 2 rings (SSSR count). The Balaban J connectivity index is 2.49. The summed E-state index contributed by atoms with van der Waals surface area (Å²) in [5.41, 5.74) is 0.418. The fraction of sp³-hybridized carbons (Fsp3) is 0.364. The van der Waals surface area contributed by atoms with Crippen LogP contribution < -0.4 is 10.1 Å². The summed E-state index contributed by atoms with van der Waals surface area (Å²) in [4.78, 5) is 11.0. The summed E-state index contributed by atoms with van der Waals surface area (Å²) in [5, 5.41) is 3.13. The number of carbonyl (C=O) groups is 1. The second-order valence-electron chi connectivity index (χ2n) is 4.05. The van der Waals surface area contributed by atoms with Crippen molar-refractivity contribution in [2.24, 2.45) is 0 Å². The van der Waals surface area contributed by atoms with Crippen molar-refractivity contribution < 1.29 is 9.53 Å². The van der Waals surface area contributed by atoms with Crippen LogP contribution in [0.1, 0.15) is 25.5 Å². The highest BCUT2D eigenvalue weighted by molar-refractivity contribution is 14.1. The number of fused-ring (bicyclic) bond motifs is 1. The van der Waals surface area contributed by atoms with Crippen LogP contribution in [0, 0.1) is 3.57 Å². The normalized spacial score (nSPS) is 22.7. The molecule has 0 aromatic heterocycles. The number of hydrogen-bond acceptors (Lipinski definition) is 3. The maximum Gasteiger partial charge on any atom is 0.156 e. The smallest absolute Gasteiger partial charge is 0.156 e. The number of halogens is 1. The summed E-state index contributed by atoms with van der Waals surface area (Å²) in [5.74, 6) is 0.788. The molecule has 0 radical (unpaired) electrons. The summed E-state index contributed by atoms with van der Waals surface area (Å²) in [6.45, 7) is 3.81. The summed E-state index contributed by atoms with van der Waals surface area (Å²) >= 11 is 2.22. The number of carbonyl (C=O) groups excluding carboxylic acids is 1. The standard InChI is InChI=1S/C11H12INO2/c1-11(2)13-9(6-14)8-5-7(12)3-4-10(8)15-11/h3-6,9,13H,1-2H3. The Morgan fingerprint density at radius 2 is 2.27 bits per heavy atom. The van der Waals surface area contributed by atoms with E-state index in [0.717, 1.165) is 21.2 Å². The van der Waals surface area contributed by atoms with E-state index in [2.05, 4.69) is 27.9 Å². The molecule has 1 heterocycles. The number of ether oxygens (including phenoxy) is 1. The maximum absolute atomic E-state index is 11.0. The Morgan fingerprint density at radius 3 is 2.93 bits per heavy atom. The van der Waals surface area contributed by atoms with Crippen molar-refractivity contribution in [2.45, 2.75) is 25.6 Å². The first-order valence-corrected chi connectivity index (χ1v) is 5.81. The molecule has 0 spiro atoms. The molecular weight excluding hydrogens is 305 g/mol.